The van der Waals surface area contributed by atoms with Crippen LogP contribution in [0.1, 0.15) is 27.4 Å². The zero-order valence-corrected chi connectivity index (χ0v) is 16.2. The summed E-state index contributed by atoms with van der Waals surface area (Å²) in [5, 5.41) is 14.3. The Balaban J connectivity index is 1.57. The highest BCUT2D eigenvalue weighted by atomic mass is 19.4. The normalized spacial score (nSPS) is 11.6. The first-order chi connectivity index (χ1) is 14.7. The maximum atomic E-state index is 13.0. The highest BCUT2D eigenvalue weighted by Crippen LogP contribution is 2.30. The van der Waals surface area contributed by atoms with Crippen molar-refractivity contribution < 1.29 is 18.0 Å². The SMILES string of the molecule is Cc1cc(C(=O)NCc2n[nH]c(=O)c3ccccc23)nn1-c1cccc(C(F)(F)F)c1. The van der Waals surface area contributed by atoms with E-state index in [0.29, 0.717) is 22.2 Å². The van der Waals surface area contributed by atoms with Gasteiger partial charge in [-0.1, -0.05) is 24.3 Å². The summed E-state index contributed by atoms with van der Waals surface area (Å²) in [5.74, 6) is -0.522. The molecule has 158 valence electrons. The summed E-state index contributed by atoms with van der Waals surface area (Å²) >= 11 is 0. The van der Waals surface area contributed by atoms with Crippen molar-refractivity contribution in [1.82, 2.24) is 25.3 Å². The summed E-state index contributed by atoms with van der Waals surface area (Å²) in [6, 6.07) is 13.0. The molecule has 2 heterocycles. The highest BCUT2D eigenvalue weighted by molar-refractivity contribution is 5.92. The monoisotopic (exact) mass is 427 g/mol. The van der Waals surface area contributed by atoms with E-state index >= 15 is 0 Å². The summed E-state index contributed by atoms with van der Waals surface area (Å²) in [5.41, 5.74) is 0.0704. The number of aromatic amines is 1. The van der Waals surface area contributed by atoms with Crippen LogP contribution in [0.15, 0.2) is 59.4 Å². The number of nitrogens with zero attached hydrogens (tertiary/aromatic N) is 3. The first kappa shape index (κ1) is 20.3. The number of alkyl halides is 3. The lowest BCUT2D eigenvalue weighted by Crippen LogP contribution is -2.25. The molecular formula is C21H16F3N5O2. The van der Waals surface area contributed by atoms with Crippen molar-refractivity contribution in [3.8, 4) is 5.69 Å². The zero-order chi connectivity index (χ0) is 22.2. The fourth-order valence-corrected chi connectivity index (χ4v) is 3.22. The van der Waals surface area contributed by atoms with Gasteiger partial charge in [-0.2, -0.15) is 23.4 Å². The van der Waals surface area contributed by atoms with Crippen LogP contribution < -0.4 is 10.9 Å². The average molecular weight is 427 g/mol. The van der Waals surface area contributed by atoms with Crippen molar-refractivity contribution in [2.75, 3.05) is 0 Å². The molecule has 0 saturated heterocycles. The van der Waals surface area contributed by atoms with Crippen LogP contribution >= 0.6 is 0 Å². The van der Waals surface area contributed by atoms with Crippen LogP contribution in [0.3, 0.4) is 0 Å². The highest BCUT2D eigenvalue weighted by Gasteiger charge is 2.30. The van der Waals surface area contributed by atoms with Gasteiger partial charge in [-0.3, -0.25) is 9.59 Å². The lowest BCUT2D eigenvalue weighted by atomic mass is 10.1. The molecule has 0 aliphatic rings. The third-order valence-corrected chi connectivity index (χ3v) is 4.73. The second-order valence-electron chi connectivity index (χ2n) is 6.86. The number of aryl methyl sites for hydroxylation is 1. The summed E-state index contributed by atoms with van der Waals surface area (Å²) in [6.45, 7) is 1.67. The number of fused-ring (bicyclic) bond motifs is 1. The molecule has 0 saturated carbocycles. The Morgan fingerprint density at radius 2 is 1.84 bits per heavy atom. The van der Waals surface area contributed by atoms with Crippen molar-refractivity contribution in [2.24, 2.45) is 0 Å². The molecule has 4 aromatic rings. The quantitative estimate of drug-likeness (QED) is 0.522. The van der Waals surface area contributed by atoms with E-state index in [4.69, 9.17) is 0 Å². The van der Waals surface area contributed by atoms with Crippen molar-refractivity contribution >= 4 is 16.7 Å². The lowest BCUT2D eigenvalue weighted by Gasteiger charge is -2.09. The van der Waals surface area contributed by atoms with Gasteiger partial charge < -0.3 is 5.32 Å². The number of amides is 1. The molecule has 0 aliphatic carbocycles. The van der Waals surface area contributed by atoms with Gasteiger partial charge in [0.1, 0.15) is 0 Å². The van der Waals surface area contributed by atoms with E-state index in [0.717, 1.165) is 12.1 Å². The van der Waals surface area contributed by atoms with Crippen LogP contribution in [0.4, 0.5) is 13.2 Å². The maximum Gasteiger partial charge on any atom is 0.416 e. The molecule has 0 spiro atoms. The molecule has 0 unspecified atom stereocenters. The topological polar surface area (TPSA) is 92.7 Å². The van der Waals surface area contributed by atoms with Crippen molar-refractivity contribution in [1.29, 1.82) is 0 Å². The smallest absolute Gasteiger partial charge is 0.345 e. The van der Waals surface area contributed by atoms with Gasteiger partial charge in [0.15, 0.2) is 5.69 Å². The van der Waals surface area contributed by atoms with E-state index in [1.54, 1.807) is 31.2 Å². The molecule has 0 atom stereocenters. The number of benzene rings is 2. The fourth-order valence-electron chi connectivity index (χ4n) is 3.22. The van der Waals surface area contributed by atoms with Crippen LogP contribution in [-0.4, -0.2) is 25.9 Å². The van der Waals surface area contributed by atoms with Crippen molar-refractivity contribution in [3.63, 3.8) is 0 Å². The molecule has 4 rings (SSSR count). The Morgan fingerprint density at radius 3 is 2.58 bits per heavy atom. The number of halogens is 3. The van der Waals surface area contributed by atoms with Gasteiger partial charge in [-0.05, 0) is 37.3 Å². The average Bonchev–Trinajstić information content (AvgIpc) is 3.14. The molecule has 2 N–H and O–H groups in total. The van der Waals surface area contributed by atoms with E-state index in [1.165, 1.54) is 22.9 Å². The van der Waals surface area contributed by atoms with Crippen LogP contribution in [0.25, 0.3) is 16.5 Å². The first-order valence-electron chi connectivity index (χ1n) is 9.23. The zero-order valence-electron chi connectivity index (χ0n) is 16.2. The molecule has 2 aromatic heterocycles. The third-order valence-electron chi connectivity index (χ3n) is 4.73. The van der Waals surface area contributed by atoms with Gasteiger partial charge in [0.2, 0.25) is 0 Å². The number of hydrogen-bond acceptors (Lipinski definition) is 4. The number of carbonyl (C=O) groups is 1. The van der Waals surface area contributed by atoms with E-state index in [1.807, 2.05) is 0 Å². The van der Waals surface area contributed by atoms with Crippen LogP contribution in [0.2, 0.25) is 0 Å². The van der Waals surface area contributed by atoms with E-state index < -0.39 is 17.6 Å². The minimum absolute atomic E-state index is 0.0333. The second kappa shape index (κ2) is 7.71. The Hall–Kier alpha value is -3.95. The first-order valence-corrected chi connectivity index (χ1v) is 9.23. The Kier molecular flexibility index (Phi) is 5.05. The van der Waals surface area contributed by atoms with Crippen LogP contribution in [0, 0.1) is 6.92 Å². The van der Waals surface area contributed by atoms with Gasteiger partial charge in [-0.15, -0.1) is 0 Å². The molecule has 10 heteroatoms. The molecule has 2 aromatic carbocycles. The number of rotatable bonds is 4. The standard InChI is InChI=1S/C21H16F3N5O2/c1-12-9-17(28-29(12)14-6-4-5-13(10-14)21(22,23)24)20(31)25-11-18-15-7-2-3-8-16(15)19(30)27-26-18/h2-10H,11H2,1H3,(H,25,31)(H,27,30). The number of nitrogens with one attached hydrogen (secondary N) is 2. The number of H-pyrrole nitrogens is 1. The molecule has 1 amide bonds. The predicted molar refractivity (Wildman–Crippen MR) is 107 cm³/mol. The Morgan fingerprint density at radius 1 is 1.10 bits per heavy atom. The molecular weight excluding hydrogens is 411 g/mol. The van der Waals surface area contributed by atoms with Gasteiger partial charge in [0.25, 0.3) is 11.5 Å². The largest absolute Gasteiger partial charge is 0.416 e. The molecule has 31 heavy (non-hydrogen) atoms. The lowest BCUT2D eigenvalue weighted by molar-refractivity contribution is -0.137. The molecule has 0 radical (unpaired) electrons. The van der Waals surface area contributed by atoms with E-state index in [-0.39, 0.29) is 23.5 Å². The summed E-state index contributed by atoms with van der Waals surface area (Å²) in [6.07, 6.45) is -4.48. The third kappa shape index (κ3) is 4.04. The van der Waals surface area contributed by atoms with Gasteiger partial charge in [0.05, 0.1) is 28.9 Å². The second-order valence-corrected chi connectivity index (χ2v) is 6.86. The fraction of sp³-hybridized carbons (Fsp3) is 0.143. The summed E-state index contributed by atoms with van der Waals surface area (Å²) < 4.78 is 40.3. The van der Waals surface area contributed by atoms with Gasteiger partial charge >= 0.3 is 6.18 Å². The summed E-state index contributed by atoms with van der Waals surface area (Å²) in [7, 11) is 0. The molecule has 0 bridgehead atoms. The molecule has 0 aliphatic heterocycles. The number of aromatic nitrogens is 4. The molecule has 0 fully saturated rings. The van der Waals surface area contributed by atoms with Gasteiger partial charge in [0, 0.05) is 11.1 Å². The van der Waals surface area contributed by atoms with E-state index in [9.17, 15) is 22.8 Å². The van der Waals surface area contributed by atoms with Crippen molar-refractivity contribution in [3.05, 3.63) is 87.6 Å². The van der Waals surface area contributed by atoms with Crippen LogP contribution in [-0.2, 0) is 12.7 Å². The van der Waals surface area contributed by atoms with Crippen molar-refractivity contribution in [2.45, 2.75) is 19.6 Å². The van der Waals surface area contributed by atoms with Crippen LogP contribution in [0.5, 0.6) is 0 Å². The number of carbonyl (C=O) groups excluding carboxylic acids is 1. The van der Waals surface area contributed by atoms with Gasteiger partial charge in [-0.25, -0.2) is 9.78 Å². The Labute approximate surface area is 173 Å². The minimum atomic E-state index is -4.48. The number of hydrogen-bond donors (Lipinski definition) is 2. The maximum absolute atomic E-state index is 13.0. The predicted octanol–water partition coefficient (Wildman–Crippen LogP) is 3.37. The summed E-state index contributed by atoms with van der Waals surface area (Å²) in [4.78, 5) is 24.4. The van der Waals surface area contributed by atoms with E-state index in [2.05, 4.69) is 20.6 Å². The molecule has 7 nitrogen and oxygen atoms in total. The minimum Gasteiger partial charge on any atom is -0.345 e. The Bertz CT molecular complexity index is 1340.